The fraction of sp³-hybridized carbons (Fsp3) is 0.684. The Kier molecular flexibility index (Phi) is 12.1. The first kappa shape index (κ1) is 30.3. The van der Waals surface area contributed by atoms with Crippen molar-refractivity contribution in [3.63, 3.8) is 0 Å². The Labute approximate surface area is 188 Å². The molecule has 9 nitrogen and oxygen atoms in total. The van der Waals surface area contributed by atoms with Crippen LogP contribution in [0.2, 0.25) is 0 Å². The van der Waals surface area contributed by atoms with E-state index in [0.717, 1.165) is 4.90 Å². The minimum atomic E-state index is -1.20. The number of carboxylic acid groups (broad SMARTS) is 1. The van der Waals surface area contributed by atoms with Crippen molar-refractivity contribution in [1.82, 2.24) is 9.80 Å². The molecule has 0 aliphatic heterocycles. The van der Waals surface area contributed by atoms with Crippen LogP contribution in [0.3, 0.4) is 0 Å². The lowest BCUT2D eigenvalue weighted by molar-refractivity contribution is -0.148. The first-order chi connectivity index (χ1) is 13.0. The Balaban J connectivity index is 0. The Hall–Kier alpha value is -1.94. The normalized spacial score (nSPS) is 12.1. The van der Waals surface area contributed by atoms with Gasteiger partial charge in [0, 0.05) is 7.05 Å². The van der Waals surface area contributed by atoms with E-state index in [0.29, 0.717) is 10.7 Å². The van der Waals surface area contributed by atoms with Crippen molar-refractivity contribution in [2.75, 3.05) is 19.1 Å². The second-order valence-corrected chi connectivity index (χ2v) is 9.28. The smallest absolute Gasteiger partial charge is 0.424 e. The average Bonchev–Trinajstić information content (AvgIpc) is 2.50. The van der Waals surface area contributed by atoms with Gasteiger partial charge in [-0.1, -0.05) is 6.58 Å². The van der Waals surface area contributed by atoms with Gasteiger partial charge >= 0.3 is 18.2 Å². The van der Waals surface area contributed by atoms with Gasteiger partial charge in [-0.25, -0.2) is 14.4 Å². The number of ether oxygens (including phenoxy) is 2. The number of carboxylic acids is 1. The van der Waals surface area contributed by atoms with Crippen molar-refractivity contribution in [2.45, 2.75) is 65.2 Å². The van der Waals surface area contributed by atoms with Crippen molar-refractivity contribution in [1.29, 1.82) is 0 Å². The van der Waals surface area contributed by atoms with Crippen LogP contribution in [0.1, 0.15) is 48.0 Å². The van der Waals surface area contributed by atoms with Crippen molar-refractivity contribution >= 4 is 48.2 Å². The van der Waals surface area contributed by atoms with E-state index in [4.69, 9.17) is 9.47 Å². The predicted molar refractivity (Wildman–Crippen MR) is 118 cm³/mol. The molecule has 11 heteroatoms. The Bertz CT molecular complexity index is 628. The molecule has 0 saturated heterocycles. The molecule has 0 aromatic heterocycles. The summed E-state index contributed by atoms with van der Waals surface area (Å²) in [5.41, 5.74) is -2.46. The zero-order valence-electron chi connectivity index (χ0n) is 18.8. The summed E-state index contributed by atoms with van der Waals surface area (Å²) in [6, 6.07) is -1.15. The standard InChI is InChI=1S/C19H32N2O7S.ClH/c1-12(14(22)20(8)13(15(23)24)10-11-29-9)21(16(25)27-18(2,3)4)17(26)28-19(5,6)7;/h13H,1,10-11H2,2-9H3,(H,23,24);1H/t13-;/m0./s1. The van der Waals surface area contributed by atoms with Crippen LogP contribution in [0.4, 0.5) is 9.59 Å². The number of imide groups is 1. The summed E-state index contributed by atoms with van der Waals surface area (Å²) in [6.07, 6.45) is -0.291. The monoisotopic (exact) mass is 468 g/mol. The summed E-state index contributed by atoms with van der Waals surface area (Å²) in [5, 5.41) is 9.43. The molecule has 0 aromatic rings. The molecule has 0 aliphatic carbocycles. The number of thioether (sulfide) groups is 1. The highest BCUT2D eigenvalue weighted by Gasteiger charge is 2.38. The third-order valence-corrected chi connectivity index (χ3v) is 3.98. The van der Waals surface area contributed by atoms with Crippen LogP contribution in [0.15, 0.2) is 12.3 Å². The molecular weight excluding hydrogens is 436 g/mol. The Morgan fingerprint density at radius 3 is 1.70 bits per heavy atom. The minimum Gasteiger partial charge on any atom is -0.480 e. The molecule has 0 aliphatic rings. The van der Waals surface area contributed by atoms with E-state index in [-0.39, 0.29) is 18.8 Å². The van der Waals surface area contributed by atoms with E-state index < -0.39 is 47.0 Å². The van der Waals surface area contributed by atoms with Crippen molar-refractivity contribution in [2.24, 2.45) is 0 Å². The topological polar surface area (TPSA) is 113 Å². The van der Waals surface area contributed by atoms with Crippen LogP contribution in [0.5, 0.6) is 0 Å². The number of hydrogen-bond acceptors (Lipinski definition) is 7. The van der Waals surface area contributed by atoms with Gasteiger partial charge in [0.2, 0.25) is 0 Å². The Morgan fingerprint density at radius 2 is 1.40 bits per heavy atom. The highest BCUT2D eigenvalue weighted by molar-refractivity contribution is 7.98. The third kappa shape index (κ3) is 10.2. The quantitative estimate of drug-likeness (QED) is 0.562. The lowest BCUT2D eigenvalue weighted by Crippen LogP contribution is -2.49. The zero-order chi connectivity index (χ0) is 23.2. The van der Waals surface area contributed by atoms with E-state index in [1.54, 1.807) is 41.5 Å². The van der Waals surface area contributed by atoms with E-state index >= 15 is 0 Å². The van der Waals surface area contributed by atoms with Crippen molar-refractivity contribution in [3.05, 3.63) is 12.3 Å². The maximum absolute atomic E-state index is 12.8. The van der Waals surface area contributed by atoms with Gasteiger partial charge in [0.15, 0.2) is 0 Å². The van der Waals surface area contributed by atoms with Crippen LogP contribution in [-0.2, 0) is 19.1 Å². The minimum absolute atomic E-state index is 0. The summed E-state index contributed by atoms with van der Waals surface area (Å²) in [5.74, 6) is -1.61. The second kappa shape index (κ2) is 12.0. The van der Waals surface area contributed by atoms with Gasteiger partial charge in [0.25, 0.3) is 5.91 Å². The fourth-order valence-corrected chi connectivity index (χ4v) is 2.52. The number of halogens is 1. The number of amides is 3. The van der Waals surface area contributed by atoms with Crippen LogP contribution in [-0.4, -0.2) is 75.3 Å². The summed E-state index contributed by atoms with van der Waals surface area (Å²) in [6.45, 7) is 13.1. The molecule has 0 unspecified atom stereocenters. The first-order valence-electron chi connectivity index (χ1n) is 8.95. The molecule has 0 fully saturated rings. The highest BCUT2D eigenvalue weighted by Crippen LogP contribution is 2.20. The van der Waals surface area contributed by atoms with Gasteiger partial charge < -0.3 is 19.5 Å². The molecular formula is C19H33ClN2O7S. The van der Waals surface area contributed by atoms with Crippen LogP contribution >= 0.6 is 24.2 Å². The lowest BCUT2D eigenvalue weighted by atomic mass is 10.2. The molecule has 0 heterocycles. The Morgan fingerprint density at radius 1 is 1.00 bits per heavy atom. The lowest BCUT2D eigenvalue weighted by Gasteiger charge is -2.31. The van der Waals surface area contributed by atoms with E-state index in [9.17, 15) is 24.3 Å². The molecule has 0 saturated carbocycles. The average molecular weight is 469 g/mol. The predicted octanol–water partition coefficient (Wildman–Crippen LogP) is 3.76. The molecule has 0 spiro atoms. The maximum Gasteiger partial charge on any atom is 0.424 e. The summed E-state index contributed by atoms with van der Waals surface area (Å²) in [7, 11) is 1.27. The van der Waals surface area contributed by atoms with Gasteiger partial charge in [-0.3, -0.25) is 4.79 Å². The van der Waals surface area contributed by atoms with Gasteiger partial charge in [-0.15, -0.1) is 12.4 Å². The van der Waals surface area contributed by atoms with Crippen molar-refractivity contribution < 1.29 is 33.8 Å². The molecule has 1 N–H and O–H groups in total. The van der Waals surface area contributed by atoms with Gasteiger partial charge in [-0.05, 0) is 60.0 Å². The largest absolute Gasteiger partial charge is 0.480 e. The number of nitrogens with zero attached hydrogens (tertiary/aromatic N) is 2. The summed E-state index contributed by atoms with van der Waals surface area (Å²) >= 11 is 1.43. The molecule has 174 valence electrons. The molecule has 0 aromatic carbocycles. The number of likely N-dealkylation sites (N-methyl/N-ethyl adjacent to an activating group) is 1. The maximum atomic E-state index is 12.8. The van der Waals surface area contributed by atoms with E-state index in [2.05, 4.69) is 6.58 Å². The van der Waals surface area contributed by atoms with E-state index in [1.807, 2.05) is 6.26 Å². The number of hydrogen-bond donors (Lipinski definition) is 1. The molecule has 0 bridgehead atoms. The highest BCUT2D eigenvalue weighted by atomic mass is 35.5. The number of rotatable bonds is 7. The van der Waals surface area contributed by atoms with Gasteiger partial charge in [0.05, 0.1) is 0 Å². The second-order valence-electron chi connectivity index (χ2n) is 8.29. The van der Waals surface area contributed by atoms with Crippen molar-refractivity contribution in [3.8, 4) is 0 Å². The first-order valence-corrected chi connectivity index (χ1v) is 10.3. The fourth-order valence-electron chi connectivity index (χ4n) is 2.06. The van der Waals surface area contributed by atoms with Crippen LogP contribution < -0.4 is 0 Å². The van der Waals surface area contributed by atoms with Gasteiger partial charge in [0.1, 0.15) is 22.9 Å². The summed E-state index contributed by atoms with van der Waals surface area (Å²) in [4.78, 5) is 50.9. The molecule has 3 amide bonds. The molecule has 1 atom stereocenters. The molecule has 0 radical (unpaired) electrons. The number of aliphatic carboxylic acids is 1. The van der Waals surface area contributed by atoms with Crippen LogP contribution in [0.25, 0.3) is 0 Å². The zero-order valence-corrected chi connectivity index (χ0v) is 20.4. The SMILES string of the molecule is C=C(C(=O)N(C)[C@@H](CCSC)C(=O)O)N(C(=O)OC(C)(C)C)C(=O)OC(C)(C)C.Cl. The molecule has 30 heavy (non-hydrogen) atoms. The third-order valence-electron chi connectivity index (χ3n) is 3.34. The molecule has 0 rings (SSSR count). The van der Waals surface area contributed by atoms with Crippen LogP contribution in [0, 0.1) is 0 Å². The number of carbonyl (C=O) groups excluding carboxylic acids is 3. The summed E-state index contributed by atoms with van der Waals surface area (Å²) < 4.78 is 10.4. The van der Waals surface area contributed by atoms with E-state index in [1.165, 1.54) is 18.8 Å². The van der Waals surface area contributed by atoms with Gasteiger partial charge in [-0.2, -0.15) is 16.7 Å². The number of carbonyl (C=O) groups is 4.